The molecule has 0 aliphatic carbocycles. The average molecular weight is 370 g/mol. The van der Waals surface area contributed by atoms with E-state index in [0.29, 0.717) is 0 Å². The highest BCUT2D eigenvalue weighted by molar-refractivity contribution is 7.12. The van der Waals surface area contributed by atoms with Crippen LogP contribution in [-0.4, -0.2) is 46.3 Å². The Morgan fingerprint density at radius 3 is 1.42 bits per heavy atom. The maximum absolute atomic E-state index is 11.9. The number of carboxylic acid groups (broad SMARTS) is 2. The number of esters is 2. The number of aliphatic carboxylic acids is 2. The van der Waals surface area contributed by atoms with E-state index in [9.17, 15) is 19.2 Å². The predicted octanol–water partition coefficient (Wildman–Crippen LogP) is 1.73. The lowest BCUT2D eigenvalue weighted by molar-refractivity contribution is -0.166. The molecule has 0 saturated carbocycles. The summed E-state index contributed by atoms with van der Waals surface area (Å²) in [6.07, 6.45) is -4.36. The van der Waals surface area contributed by atoms with Crippen LogP contribution in [0, 0.1) is 0 Å². The van der Waals surface area contributed by atoms with E-state index >= 15 is 0 Å². The summed E-state index contributed by atoms with van der Waals surface area (Å²) >= 11 is 1.99. The zero-order valence-corrected chi connectivity index (χ0v) is 13.4. The van der Waals surface area contributed by atoms with Crippen LogP contribution < -0.4 is 0 Å². The number of carbonyl (C=O) groups is 4. The van der Waals surface area contributed by atoms with Gasteiger partial charge in [0.2, 0.25) is 12.2 Å². The fourth-order valence-electron chi connectivity index (χ4n) is 1.62. The lowest BCUT2D eigenvalue weighted by atomic mass is 10.2. The van der Waals surface area contributed by atoms with Crippen molar-refractivity contribution >= 4 is 46.6 Å². The third-order valence-electron chi connectivity index (χ3n) is 2.67. The molecule has 2 rings (SSSR count). The number of carboxylic acids is 2. The molecule has 0 aliphatic rings. The van der Waals surface area contributed by atoms with Crippen LogP contribution in [0.3, 0.4) is 0 Å². The number of thiophene rings is 2. The van der Waals surface area contributed by atoms with Crippen LogP contribution in [0.15, 0.2) is 35.0 Å². The number of ether oxygens (including phenoxy) is 2. The highest BCUT2D eigenvalue weighted by Crippen LogP contribution is 2.17. The predicted molar refractivity (Wildman–Crippen MR) is 82.3 cm³/mol. The molecule has 2 atom stereocenters. The summed E-state index contributed by atoms with van der Waals surface area (Å²) in [6, 6.07) is 5.86. The average Bonchev–Trinajstić information content (AvgIpc) is 3.22. The van der Waals surface area contributed by atoms with Crippen molar-refractivity contribution in [2.24, 2.45) is 0 Å². The zero-order chi connectivity index (χ0) is 17.7. The van der Waals surface area contributed by atoms with Gasteiger partial charge < -0.3 is 19.7 Å². The van der Waals surface area contributed by atoms with E-state index in [1.54, 1.807) is 22.9 Å². The van der Waals surface area contributed by atoms with E-state index < -0.39 is 36.1 Å². The van der Waals surface area contributed by atoms with Crippen LogP contribution >= 0.6 is 22.7 Å². The number of rotatable bonds is 7. The molecule has 0 spiro atoms. The zero-order valence-electron chi connectivity index (χ0n) is 11.8. The van der Waals surface area contributed by atoms with Gasteiger partial charge in [0.05, 0.1) is 0 Å². The summed E-state index contributed by atoms with van der Waals surface area (Å²) in [7, 11) is 0. The van der Waals surface area contributed by atoms with Crippen molar-refractivity contribution in [2.45, 2.75) is 12.2 Å². The summed E-state index contributed by atoms with van der Waals surface area (Å²) in [5, 5.41) is 21.4. The maximum Gasteiger partial charge on any atom is 0.349 e. The Balaban J connectivity index is 2.18. The maximum atomic E-state index is 11.9. The highest BCUT2D eigenvalue weighted by atomic mass is 32.1. The molecule has 2 heterocycles. The Hall–Kier alpha value is -2.72. The third-order valence-corrected chi connectivity index (χ3v) is 4.37. The fourth-order valence-corrected chi connectivity index (χ4v) is 2.83. The van der Waals surface area contributed by atoms with Crippen LogP contribution in [0.5, 0.6) is 0 Å². The fraction of sp³-hybridized carbons (Fsp3) is 0.143. The van der Waals surface area contributed by atoms with Gasteiger partial charge in [-0.25, -0.2) is 19.2 Å². The first-order valence-corrected chi connectivity index (χ1v) is 8.10. The summed E-state index contributed by atoms with van der Waals surface area (Å²) in [5.41, 5.74) is 0. The molecule has 0 radical (unpaired) electrons. The van der Waals surface area contributed by atoms with Gasteiger partial charge in [-0.1, -0.05) is 12.1 Å². The molecule has 126 valence electrons. The molecule has 0 unspecified atom stereocenters. The molecule has 8 nitrogen and oxygen atoms in total. The Bertz CT molecular complexity index is 671. The van der Waals surface area contributed by atoms with Crippen molar-refractivity contribution in [3.05, 3.63) is 44.8 Å². The molecule has 2 aromatic heterocycles. The first-order valence-electron chi connectivity index (χ1n) is 6.34. The van der Waals surface area contributed by atoms with Crippen molar-refractivity contribution in [1.82, 2.24) is 0 Å². The number of hydrogen-bond donors (Lipinski definition) is 2. The molecule has 0 amide bonds. The number of hydrogen-bond acceptors (Lipinski definition) is 8. The van der Waals surface area contributed by atoms with Gasteiger partial charge in [-0.3, -0.25) is 0 Å². The van der Waals surface area contributed by atoms with Crippen LogP contribution in [0.2, 0.25) is 0 Å². The Labute approximate surface area is 142 Å². The quantitative estimate of drug-likeness (QED) is 0.706. The third kappa shape index (κ3) is 4.18. The highest BCUT2D eigenvalue weighted by Gasteiger charge is 2.41. The molecule has 0 bridgehead atoms. The summed E-state index contributed by atoms with van der Waals surface area (Å²) in [5.74, 6) is -5.52. The monoisotopic (exact) mass is 370 g/mol. The molecule has 0 aliphatic heterocycles. The number of carbonyl (C=O) groups excluding carboxylic acids is 2. The van der Waals surface area contributed by atoms with E-state index in [1.807, 2.05) is 0 Å². The first kappa shape index (κ1) is 17.6. The van der Waals surface area contributed by atoms with Gasteiger partial charge in [0, 0.05) is 0 Å². The van der Waals surface area contributed by atoms with Gasteiger partial charge in [-0.05, 0) is 22.9 Å². The second-order valence-corrected chi connectivity index (χ2v) is 6.18. The van der Waals surface area contributed by atoms with E-state index in [0.717, 1.165) is 22.7 Å². The van der Waals surface area contributed by atoms with Gasteiger partial charge in [-0.2, -0.15) is 0 Å². The van der Waals surface area contributed by atoms with E-state index in [4.69, 9.17) is 19.7 Å². The Kier molecular flexibility index (Phi) is 5.66. The van der Waals surface area contributed by atoms with Gasteiger partial charge in [0.15, 0.2) is 0 Å². The minimum atomic E-state index is -2.18. The molecule has 0 saturated heterocycles. The summed E-state index contributed by atoms with van der Waals surface area (Å²) < 4.78 is 9.43. The molecular formula is C14H10O8S2. The van der Waals surface area contributed by atoms with E-state index in [2.05, 4.69) is 0 Å². The lowest BCUT2D eigenvalue weighted by Gasteiger charge is -2.20. The van der Waals surface area contributed by atoms with Crippen LogP contribution in [0.1, 0.15) is 19.3 Å². The second-order valence-electron chi connectivity index (χ2n) is 4.28. The molecule has 0 fully saturated rings. The molecular weight excluding hydrogens is 360 g/mol. The van der Waals surface area contributed by atoms with Crippen LogP contribution in [0.4, 0.5) is 0 Å². The van der Waals surface area contributed by atoms with Crippen LogP contribution in [0.25, 0.3) is 0 Å². The van der Waals surface area contributed by atoms with Gasteiger partial charge >= 0.3 is 23.9 Å². The van der Waals surface area contributed by atoms with Gasteiger partial charge in [0.25, 0.3) is 0 Å². The first-order chi connectivity index (χ1) is 11.4. The van der Waals surface area contributed by atoms with Crippen molar-refractivity contribution in [3.63, 3.8) is 0 Å². The lowest BCUT2D eigenvalue weighted by Crippen LogP contribution is -2.45. The largest absolute Gasteiger partial charge is 0.478 e. The molecule has 2 aromatic rings. The standard InChI is InChI=1S/C14H10O8S2/c15-11(16)9(21-13(19)7-3-1-5-23-7)10(12(17)18)22-14(20)8-4-2-6-24-8/h1-6,9-10H,(H,15,16)(H,17,18)/t9-,10-/m1/s1. The Morgan fingerprint density at radius 1 is 0.792 bits per heavy atom. The summed E-state index contributed by atoms with van der Waals surface area (Å²) in [4.78, 5) is 46.5. The second kappa shape index (κ2) is 7.70. The minimum Gasteiger partial charge on any atom is -0.478 e. The van der Waals surface area contributed by atoms with Crippen LogP contribution in [-0.2, 0) is 19.1 Å². The van der Waals surface area contributed by atoms with Gasteiger partial charge in [-0.15, -0.1) is 22.7 Å². The van der Waals surface area contributed by atoms with Crippen molar-refractivity contribution in [1.29, 1.82) is 0 Å². The van der Waals surface area contributed by atoms with Crippen molar-refractivity contribution < 1.29 is 38.9 Å². The van der Waals surface area contributed by atoms with E-state index in [1.165, 1.54) is 12.1 Å². The summed E-state index contributed by atoms with van der Waals surface area (Å²) in [6.45, 7) is 0. The molecule has 0 aromatic carbocycles. The van der Waals surface area contributed by atoms with Gasteiger partial charge in [0.1, 0.15) is 9.75 Å². The normalized spacial score (nSPS) is 12.8. The Morgan fingerprint density at radius 2 is 1.17 bits per heavy atom. The van der Waals surface area contributed by atoms with Crippen molar-refractivity contribution in [3.8, 4) is 0 Å². The van der Waals surface area contributed by atoms with Crippen molar-refractivity contribution in [2.75, 3.05) is 0 Å². The molecule has 2 N–H and O–H groups in total. The minimum absolute atomic E-state index is 0.0926. The topological polar surface area (TPSA) is 127 Å². The SMILES string of the molecule is O=C(O[C@@H](C(=O)O)[C@@H](OC(=O)c1cccs1)C(=O)O)c1cccs1. The molecule has 10 heteroatoms. The molecule has 24 heavy (non-hydrogen) atoms. The smallest absolute Gasteiger partial charge is 0.349 e. The van der Waals surface area contributed by atoms with E-state index in [-0.39, 0.29) is 9.75 Å².